The van der Waals surface area contributed by atoms with Crippen molar-refractivity contribution in [3.05, 3.63) is 47.8 Å². The Hall–Kier alpha value is -2.35. The molecule has 5 heteroatoms. The third kappa shape index (κ3) is 2.48. The number of benzene rings is 1. The Morgan fingerprint density at radius 1 is 1.50 bits per heavy atom. The number of nitrogens with zero attached hydrogens (tertiary/aromatic N) is 3. The van der Waals surface area contributed by atoms with Crippen LogP contribution >= 0.6 is 0 Å². The van der Waals surface area contributed by atoms with Crippen molar-refractivity contribution in [3.8, 4) is 11.8 Å². The molecule has 0 fully saturated rings. The van der Waals surface area contributed by atoms with E-state index >= 15 is 0 Å². The van der Waals surface area contributed by atoms with Crippen molar-refractivity contribution in [2.45, 2.75) is 6.42 Å². The zero-order valence-corrected chi connectivity index (χ0v) is 9.93. The summed E-state index contributed by atoms with van der Waals surface area (Å²) in [5.41, 5.74) is -0.0580. The highest BCUT2D eigenvalue weighted by atomic mass is 19.1. The number of hydrogen-bond donors (Lipinski definition) is 0. The molecule has 0 aliphatic heterocycles. The standard InChI is InChI=1S/C13H12FN3O/c1-17-7-6-16-13(17)5-8-18-12-4-2-3-11(14)10(12)9-15/h2-4,6-7H,5,8H2,1H3. The van der Waals surface area contributed by atoms with Gasteiger partial charge >= 0.3 is 0 Å². The van der Waals surface area contributed by atoms with Gasteiger partial charge in [0.1, 0.15) is 29.0 Å². The molecule has 0 spiro atoms. The number of hydrogen-bond acceptors (Lipinski definition) is 3. The van der Waals surface area contributed by atoms with Gasteiger partial charge in [0.2, 0.25) is 0 Å². The summed E-state index contributed by atoms with van der Waals surface area (Å²) in [6.07, 6.45) is 4.15. The first kappa shape index (κ1) is 12.1. The largest absolute Gasteiger partial charge is 0.492 e. The number of nitriles is 1. The average Bonchev–Trinajstić information content (AvgIpc) is 2.75. The van der Waals surface area contributed by atoms with Gasteiger partial charge in [0.25, 0.3) is 0 Å². The van der Waals surface area contributed by atoms with E-state index in [1.54, 1.807) is 18.3 Å². The lowest BCUT2D eigenvalue weighted by molar-refractivity contribution is 0.315. The van der Waals surface area contributed by atoms with E-state index in [-0.39, 0.29) is 11.3 Å². The number of aromatic nitrogens is 2. The molecule has 1 aromatic heterocycles. The first-order chi connectivity index (χ1) is 8.72. The number of imidazole rings is 1. The highest BCUT2D eigenvalue weighted by molar-refractivity contribution is 5.43. The maximum absolute atomic E-state index is 13.3. The Labute approximate surface area is 104 Å². The van der Waals surface area contributed by atoms with Crippen LogP contribution in [0.1, 0.15) is 11.4 Å². The molecule has 92 valence electrons. The average molecular weight is 245 g/mol. The van der Waals surface area contributed by atoms with Gasteiger partial charge in [0.05, 0.1) is 6.61 Å². The molecule has 0 bridgehead atoms. The van der Waals surface area contributed by atoms with E-state index in [0.717, 1.165) is 5.82 Å². The summed E-state index contributed by atoms with van der Waals surface area (Å²) < 4.78 is 20.6. The Bertz CT molecular complexity index is 586. The van der Waals surface area contributed by atoms with Crippen LogP contribution in [0.15, 0.2) is 30.6 Å². The van der Waals surface area contributed by atoms with Crippen molar-refractivity contribution in [3.63, 3.8) is 0 Å². The van der Waals surface area contributed by atoms with Gasteiger partial charge in [-0.1, -0.05) is 6.07 Å². The van der Waals surface area contributed by atoms with E-state index in [1.165, 1.54) is 12.1 Å². The van der Waals surface area contributed by atoms with E-state index in [2.05, 4.69) is 4.98 Å². The van der Waals surface area contributed by atoms with Crippen LogP contribution in [0, 0.1) is 17.1 Å². The zero-order chi connectivity index (χ0) is 13.0. The van der Waals surface area contributed by atoms with Gasteiger partial charge in [0, 0.05) is 25.9 Å². The second-order valence-electron chi connectivity index (χ2n) is 3.78. The molecule has 0 unspecified atom stereocenters. The zero-order valence-electron chi connectivity index (χ0n) is 9.93. The maximum Gasteiger partial charge on any atom is 0.144 e. The minimum atomic E-state index is -0.563. The first-order valence-electron chi connectivity index (χ1n) is 5.50. The van der Waals surface area contributed by atoms with Gasteiger partial charge in [-0.05, 0) is 12.1 Å². The Morgan fingerprint density at radius 2 is 2.33 bits per heavy atom. The summed E-state index contributed by atoms with van der Waals surface area (Å²) in [6.45, 7) is 0.350. The van der Waals surface area contributed by atoms with Gasteiger partial charge in [-0.25, -0.2) is 9.37 Å². The Kier molecular flexibility index (Phi) is 3.58. The molecule has 2 rings (SSSR count). The number of ether oxygens (including phenoxy) is 1. The van der Waals surface area contributed by atoms with Crippen molar-refractivity contribution in [2.24, 2.45) is 7.05 Å². The molecule has 1 heterocycles. The molecule has 4 nitrogen and oxygen atoms in total. The van der Waals surface area contributed by atoms with Crippen LogP contribution in [0.2, 0.25) is 0 Å². The Morgan fingerprint density at radius 3 is 3.00 bits per heavy atom. The summed E-state index contributed by atoms with van der Waals surface area (Å²) in [7, 11) is 1.89. The molecule has 0 N–H and O–H groups in total. The molecule has 1 aromatic carbocycles. The van der Waals surface area contributed by atoms with E-state index < -0.39 is 5.82 Å². The molecule has 0 saturated heterocycles. The molecule has 0 aliphatic rings. The lowest BCUT2D eigenvalue weighted by Crippen LogP contribution is -2.07. The monoisotopic (exact) mass is 245 g/mol. The first-order valence-corrected chi connectivity index (χ1v) is 5.50. The predicted molar refractivity (Wildman–Crippen MR) is 63.5 cm³/mol. The summed E-state index contributed by atoms with van der Waals surface area (Å²) in [6, 6.07) is 6.14. The van der Waals surface area contributed by atoms with Crippen LogP contribution < -0.4 is 4.74 Å². The minimum Gasteiger partial charge on any atom is -0.492 e. The van der Waals surface area contributed by atoms with E-state index in [9.17, 15) is 4.39 Å². The van der Waals surface area contributed by atoms with Crippen molar-refractivity contribution in [1.82, 2.24) is 9.55 Å². The molecule has 18 heavy (non-hydrogen) atoms. The van der Waals surface area contributed by atoms with Crippen LogP contribution in [-0.4, -0.2) is 16.2 Å². The second-order valence-corrected chi connectivity index (χ2v) is 3.78. The predicted octanol–water partition coefficient (Wildman–Crippen LogP) is 2.05. The fraction of sp³-hybridized carbons (Fsp3) is 0.231. The molecule has 0 radical (unpaired) electrons. The third-order valence-electron chi connectivity index (χ3n) is 2.59. The van der Waals surface area contributed by atoms with Crippen LogP contribution in [0.4, 0.5) is 4.39 Å². The summed E-state index contributed by atoms with van der Waals surface area (Å²) in [4.78, 5) is 4.15. The van der Waals surface area contributed by atoms with E-state index in [4.69, 9.17) is 10.00 Å². The fourth-order valence-electron chi connectivity index (χ4n) is 1.62. The van der Waals surface area contributed by atoms with Crippen LogP contribution in [-0.2, 0) is 13.5 Å². The molecular formula is C13H12FN3O. The van der Waals surface area contributed by atoms with E-state index in [1.807, 2.05) is 17.8 Å². The van der Waals surface area contributed by atoms with Crippen LogP contribution in [0.25, 0.3) is 0 Å². The second kappa shape index (κ2) is 5.32. The highest BCUT2D eigenvalue weighted by Crippen LogP contribution is 2.20. The fourth-order valence-corrected chi connectivity index (χ4v) is 1.62. The van der Waals surface area contributed by atoms with Crippen molar-refractivity contribution >= 4 is 0 Å². The van der Waals surface area contributed by atoms with Crippen LogP contribution in [0.3, 0.4) is 0 Å². The molecule has 0 saturated carbocycles. The number of rotatable bonds is 4. The van der Waals surface area contributed by atoms with Crippen molar-refractivity contribution in [1.29, 1.82) is 5.26 Å². The molecule has 0 aliphatic carbocycles. The maximum atomic E-state index is 13.3. The Balaban J connectivity index is 2.01. The molecule has 0 amide bonds. The third-order valence-corrected chi connectivity index (χ3v) is 2.59. The van der Waals surface area contributed by atoms with Crippen LogP contribution in [0.5, 0.6) is 5.75 Å². The van der Waals surface area contributed by atoms with Gasteiger partial charge < -0.3 is 9.30 Å². The van der Waals surface area contributed by atoms with Gasteiger partial charge in [-0.15, -0.1) is 0 Å². The quantitative estimate of drug-likeness (QED) is 0.828. The number of halogens is 1. The smallest absolute Gasteiger partial charge is 0.144 e. The summed E-state index contributed by atoms with van der Waals surface area (Å²) in [5.74, 6) is 0.587. The highest BCUT2D eigenvalue weighted by Gasteiger charge is 2.09. The number of aryl methyl sites for hydroxylation is 1. The molecule has 0 atom stereocenters. The van der Waals surface area contributed by atoms with Gasteiger partial charge in [-0.2, -0.15) is 5.26 Å². The molecular weight excluding hydrogens is 233 g/mol. The lowest BCUT2D eigenvalue weighted by Gasteiger charge is -2.08. The topological polar surface area (TPSA) is 50.8 Å². The lowest BCUT2D eigenvalue weighted by atomic mass is 10.2. The minimum absolute atomic E-state index is 0.0580. The summed E-state index contributed by atoms with van der Waals surface area (Å²) >= 11 is 0. The summed E-state index contributed by atoms with van der Waals surface area (Å²) in [5, 5.41) is 8.84. The van der Waals surface area contributed by atoms with Crippen molar-refractivity contribution in [2.75, 3.05) is 6.61 Å². The SMILES string of the molecule is Cn1ccnc1CCOc1cccc(F)c1C#N. The molecule has 2 aromatic rings. The van der Waals surface area contributed by atoms with E-state index in [0.29, 0.717) is 13.0 Å². The normalized spacial score (nSPS) is 10.1. The van der Waals surface area contributed by atoms with Crippen molar-refractivity contribution < 1.29 is 9.13 Å². The van der Waals surface area contributed by atoms with Gasteiger partial charge in [-0.3, -0.25) is 0 Å². The van der Waals surface area contributed by atoms with Gasteiger partial charge in [0.15, 0.2) is 0 Å².